The van der Waals surface area contributed by atoms with Crippen LogP contribution in [0, 0.1) is 11.3 Å². The van der Waals surface area contributed by atoms with Gasteiger partial charge >= 0.3 is 0 Å². The predicted octanol–water partition coefficient (Wildman–Crippen LogP) is 2.07. The molecule has 0 amide bonds. The van der Waals surface area contributed by atoms with Crippen LogP contribution in [-0.2, 0) is 10.0 Å². The number of nitrogens with zero attached hydrogens (tertiary/aromatic N) is 5. The number of hydrogen-bond donors (Lipinski definition) is 0. The van der Waals surface area contributed by atoms with Gasteiger partial charge in [0, 0.05) is 26.2 Å². The van der Waals surface area contributed by atoms with E-state index in [4.69, 9.17) is 0 Å². The van der Waals surface area contributed by atoms with Gasteiger partial charge in [0.05, 0.1) is 15.8 Å². The fraction of sp³-hybridized carbons (Fsp3) is 0.235. The monoisotopic (exact) mass is 385 g/mol. The van der Waals surface area contributed by atoms with Crippen LogP contribution in [-0.4, -0.2) is 48.9 Å². The van der Waals surface area contributed by atoms with Crippen molar-refractivity contribution < 1.29 is 8.42 Å². The zero-order chi connectivity index (χ0) is 18.1. The van der Waals surface area contributed by atoms with E-state index in [2.05, 4.69) is 14.9 Å². The Balaban J connectivity index is 1.57. The highest BCUT2D eigenvalue weighted by Gasteiger charge is 2.31. The Kier molecular flexibility index (Phi) is 4.32. The van der Waals surface area contributed by atoms with Crippen LogP contribution in [0.1, 0.15) is 5.56 Å². The largest absolute Gasteiger partial charge is 0.353 e. The Morgan fingerprint density at radius 3 is 2.62 bits per heavy atom. The van der Waals surface area contributed by atoms with Crippen LogP contribution in [0.25, 0.3) is 10.2 Å². The summed E-state index contributed by atoms with van der Waals surface area (Å²) in [7, 11) is -3.69. The molecule has 26 heavy (non-hydrogen) atoms. The minimum absolute atomic E-state index is 0.0678. The van der Waals surface area contributed by atoms with Crippen molar-refractivity contribution in [2.45, 2.75) is 4.90 Å². The van der Waals surface area contributed by atoms with E-state index in [1.807, 2.05) is 17.5 Å². The highest BCUT2D eigenvalue weighted by Crippen LogP contribution is 2.28. The Morgan fingerprint density at radius 2 is 1.85 bits per heavy atom. The van der Waals surface area contributed by atoms with Crippen molar-refractivity contribution in [2.24, 2.45) is 0 Å². The van der Waals surface area contributed by atoms with Crippen molar-refractivity contribution in [1.82, 2.24) is 14.3 Å². The third-order valence-corrected chi connectivity index (χ3v) is 7.18. The number of hydrogen-bond acceptors (Lipinski definition) is 7. The molecule has 1 aliphatic rings. The number of aromatic nitrogens is 2. The van der Waals surface area contributed by atoms with Crippen LogP contribution in [0.15, 0.2) is 46.9 Å². The molecule has 0 aliphatic carbocycles. The van der Waals surface area contributed by atoms with Gasteiger partial charge in [-0.3, -0.25) is 0 Å². The van der Waals surface area contributed by atoms with Gasteiger partial charge in [-0.1, -0.05) is 12.1 Å². The Morgan fingerprint density at radius 1 is 1.08 bits per heavy atom. The van der Waals surface area contributed by atoms with Gasteiger partial charge in [0.25, 0.3) is 0 Å². The SMILES string of the molecule is N#Cc1ccccc1S(=O)(=O)N1CCN(c2ncnc3sccc23)CC1. The summed E-state index contributed by atoms with van der Waals surface area (Å²) >= 11 is 1.56. The average molecular weight is 385 g/mol. The molecule has 0 bridgehead atoms. The molecular weight excluding hydrogens is 370 g/mol. The summed E-state index contributed by atoms with van der Waals surface area (Å²) in [6.07, 6.45) is 1.54. The number of nitriles is 1. The molecule has 1 fully saturated rings. The molecule has 132 valence electrons. The van der Waals surface area contributed by atoms with E-state index in [1.165, 1.54) is 16.4 Å². The first-order valence-electron chi connectivity index (χ1n) is 8.03. The third-order valence-electron chi connectivity index (χ3n) is 4.40. The standard InChI is InChI=1S/C17H15N5O2S2/c18-11-13-3-1-2-4-15(13)26(23,24)22-8-6-21(7-9-22)16-14-5-10-25-17(14)20-12-19-16/h1-5,10,12H,6-9H2. The first kappa shape index (κ1) is 16.9. The van der Waals surface area contributed by atoms with Crippen molar-refractivity contribution in [1.29, 1.82) is 5.26 Å². The lowest BCUT2D eigenvalue weighted by Crippen LogP contribution is -2.49. The molecule has 3 heterocycles. The van der Waals surface area contributed by atoms with E-state index in [1.54, 1.807) is 29.8 Å². The zero-order valence-corrected chi connectivity index (χ0v) is 15.4. The van der Waals surface area contributed by atoms with Crippen LogP contribution in [0.3, 0.4) is 0 Å². The smallest absolute Gasteiger partial charge is 0.244 e. The van der Waals surface area contributed by atoms with E-state index in [9.17, 15) is 13.7 Å². The second-order valence-corrected chi connectivity index (χ2v) is 8.64. The molecule has 0 radical (unpaired) electrons. The maximum absolute atomic E-state index is 12.9. The van der Waals surface area contributed by atoms with Crippen LogP contribution < -0.4 is 4.90 Å². The molecule has 1 aromatic carbocycles. The van der Waals surface area contributed by atoms with Crippen molar-refractivity contribution in [3.8, 4) is 6.07 Å². The molecule has 0 saturated carbocycles. The molecular formula is C17H15N5O2S2. The minimum atomic E-state index is -3.69. The molecule has 0 spiro atoms. The Bertz CT molecular complexity index is 1100. The second-order valence-electron chi connectivity index (χ2n) is 5.84. The van der Waals surface area contributed by atoms with Crippen molar-refractivity contribution >= 4 is 37.4 Å². The maximum Gasteiger partial charge on any atom is 0.244 e. The van der Waals surface area contributed by atoms with Gasteiger partial charge in [0.1, 0.15) is 23.0 Å². The molecule has 7 nitrogen and oxygen atoms in total. The second kappa shape index (κ2) is 6.64. The molecule has 0 N–H and O–H groups in total. The van der Waals surface area contributed by atoms with Crippen LogP contribution >= 0.6 is 11.3 Å². The summed E-state index contributed by atoms with van der Waals surface area (Å²) in [6, 6.07) is 10.3. The Hall–Kier alpha value is -2.54. The summed E-state index contributed by atoms with van der Waals surface area (Å²) < 4.78 is 27.3. The first-order valence-corrected chi connectivity index (χ1v) is 10.4. The van der Waals surface area contributed by atoms with Crippen molar-refractivity contribution in [2.75, 3.05) is 31.1 Å². The maximum atomic E-state index is 12.9. The van der Waals surface area contributed by atoms with E-state index >= 15 is 0 Å². The molecule has 9 heteroatoms. The van der Waals surface area contributed by atoms with Crippen molar-refractivity contribution in [3.05, 3.63) is 47.6 Å². The molecule has 1 saturated heterocycles. The highest BCUT2D eigenvalue weighted by molar-refractivity contribution is 7.89. The molecule has 2 aromatic heterocycles. The average Bonchev–Trinajstić information content (AvgIpc) is 3.17. The number of anilines is 1. The lowest BCUT2D eigenvalue weighted by atomic mass is 10.2. The minimum Gasteiger partial charge on any atom is -0.353 e. The lowest BCUT2D eigenvalue weighted by Gasteiger charge is -2.34. The lowest BCUT2D eigenvalue weighted by molar-refractivity contribution is 0.384. The van der Waals surface area contributed by atoms with E-state index in [0.717, 1.165) is 16.0 Å². The number of piperazine rings is 1. The van der Waals surface area contributed by atoms with Gasteiger partial charge in [-0.25, -0.2) is 18.4 Å². The highest BCUT2D eigenvalue weighted by atomic mass is 32.2. The number of sulfonamides is 1. The van der Waals surface area contributed by atoms with Crippen LogP contribution in [0.4, 0.5) is 5.82 Å². The quantitative estimate of drug-likeness (QED) is 0.686. The topological polar surface area (TPSA) is 90.2 Å². The van der Waals surface area contributed by atoms with Gasteiger partial charge in [-0.05, 0) is 23.6 Å². The zero-order valence-electron chi connectivity index (χ0n) is 13.7. The number of rotatable bonds is 3. The van der Waals surface area contributed by atoms with Gasteiger partial charge < -0.3 is 4.90 Å². The van der Waals surface area contributed by atoms with E-state index in [-0.39, 0.29) is 10.5 Å². The molecule has 0 atom stereocenters. The van der Waals surface area contributed by atoms with Crippen molar-refractivity contribution in [3.63, 3.8) is 0 Å². The summed E-state index contributed by atoms with van der Waals surface area (Å²) in [4.78, 5) is 11.7. The molecule has 3 aromatic rings. The van der Waals surface area contributed by atoms with Crippen LogP contribution in [0.2, 0.25) is 0 Å². The number of fused-ring (bicyclic) bond motifs is 1. The van der Waals surface area contributed by atoms with Gasteiger partial charge in [0.2, 0.25) is 10.0 Å². The number of thiophene rings is 1. The van der Waals surface area contributed by atoms with Crippen LogP contribution in [0.5, 0.6) is 0 Å². The molecule has 1 aliphatic heterocycles. The van der Waals surface area contributed by atoms with E-state index < -0.39 is 10.0 Å². The van der Waals surface area contributed by atoms with Gasteiger partial charge in [-0.15, -0.1) is 11.3 Å². The fourth-order valence-corrected chi connectivity index (χ4v) is 5.38. The third kappa shape index (κ3) is 2.82. The number of benzene rings is 1. The van der Waals surface area contributed by atoms with Gasteiger partial charge in [-0.2, -0.15) is 9.57 Å². The summed E-state index contributed by atoms with van der Waals surface area (Å²) in [5.41, 5.74) is 0.172. The Labute approximate surface area is 155 Å². The molecule has 0 unspecified atom stereocenters. The van der Waals surface area contributed by atoms with Gasteiger partial charge in [0.15, 0.2) is 0 Å². The summed E-state index contributed by atoms with van der Waals surface area (Å²) in [6.45, 7) is 1.77. The normalized spacial score (nSPS) is 15.9. The summed E-state index contributed by atoms with van der Waals surface area (Å²) in [5.74, 6) is 0.839. The predicted molar refractivity (Wildman–Crippen MR) is 99.5 cm³/mol. The van der Waals surface area contributed by atoms with E-state index in [0.29, 0.717) is 26.2 Å². The first-order chi connectivity index (χ1) is 12.6. The fourth-order valence-electron chi connectivity index (χ4n) is 3.09. The summed E-state index contributed by atoms with van der Waals surface area (Å²) in [5, 5.41) is 12.2. The molecule has 4 rings (SSSR count).